The number of hydrogen-bond donors (Lipinski definition) is 2. The van der Waals surface area contributed by atoms with Gasteiger partial charge in [0.25, 0.3) is 5.91 Å². The summed E-state index contributed by atoms with van der Waals surface area (Å²) < 4.78 is 0. The fraction of sp³-hybridized carbons (Fsp3) is 0.429. The van der Waals surface area contributed by atoms with Gasteiger partial charge in [-0.05, 0) is 30.7 Å². The van der Waals surface area contributed by atoms with Crippen LogP contribution < -0.4 is 10.6 Å². The molecule has 0 spiro atoms. The van der Waals surface area contributed by atoms with Crippen LogP contribution >= 0.6 is 0 Å². The van der Waals surface area contributed by atoms with Crippen LogP contribution in [0, 0.1) is 0 Å². The number of nitrogens with one attached hydrogen (secondary N) is 2. The van der Waals surface area contributed by atoms with Crippen molar-refractivity contribution >= 4 is 17.5 Å². The van der Waals surface area contributed by atoms with E-state index in [2.05, 4.69) is 17.6 Å². The molecule has 0 unspecified atom stereocenters. The molecule has 0 aliphatic heterocycles. The molecule has 2 N–H and O–H groups in total. The Morgan fingerprint density at radius 1 is 1.11 bits per heavy atom. The van der Waals surface area contributed by atoms with Crippen molar-refractivity contribution in [2.45, 2.75) is 33.1 Å². The molecule has 4 heteroatoms. The summed E-state index contributed by atoms with van der Waals surface area (Å²) >= 11 is 0. The predicted molar refractivity (Wildman–Crippen MR) is 72.6 cm³/mol. The molecule has 18 heavy (non-hydrogen) atoms. The van der Waals surface area contributed by atoms with Gasteiger partial charge in [-0.2, -0.15) is 0 Å². The molecule has 0 aliphatic rings. The highest BCUT2D eigenvalue weighted by molar-refractivity contribution is 5.95. The molecule has 0 radical (unpaired) electrons. The van der Waals surface area contributed by atoms with E-state index in [0.717, 1.165) is 19.3 Å². The van der Waals surface area contributed by atoms with Gasteiger partial charge in [-0.15, -0.1) is 0 Å². The van der Waals surface area contributed by atoms with Crippen LogP contribution in [0.3, 0.4) is 0 Å². The van der Waals surface area contributed by atoms with Gasteiger partial charge in [-0.3, -0.25) is 9.59 Å². The van der Waals surface area contributed by atoms with E-state index >= 15 is 0 Å². The smallest absolute Gasteiger partial charge is 0.251 e. The molecule has 0 atom stereocenters. The van der Waals surface area contributed by atoms with E-state index in [4.69, 9.17) is 0 Å². The van der Waals surface area contributed by atoms with Gasteiger partial charge in [0, 0.05) is 24.7 Å². The molecule has 0 fully saturated rings. The largest absolute Gasteiger partial charge is 0.352 e. The van der Waals surface area contributed by atoms with Gasteiger partial charge in [0.15, 0.2) is 0 Å². The highest BCUT2D eigenvalue weighted by Crippen LogP contribution is 2.09. The zero-order valence-corrected chi connectivity index (χ0v) is 11.0. The molecule has 0 saturated carbocycles. The van der Waals surface area contributed by atoms with E-state index in [1.807, 2.05) is 0 Å². The first kappa shape index (κ1) is 14.2. The number of rotatable bonds is 6. The quantitative estimate of drug-likeness (QED) is 0.760. The monoisotopic (exact) mass is 248 g/mol. The first-order valence-electron chi connectivity index (χ1n) is 6.29. The van der Waals surface area contributed by atoms with Crippen molar-refractivity contribution in [3.63, 3.8) is 0 Å². The minimum Gasteiger partial charge on any atom is -0.352 e. The molecule has 2 amide bonds. The maximum absolute atomic E-state index is 11.7. The molecular formula is C14H20N2O2. The summed E-state index contributed by atoms with van der Waals surface area (Å²) in [6.07, 6.45) is 3.27. The van der Waals surface area contributed by atoms with E-state index in [0.29, 0.717) is 17.8 Å². The Kier molecular flexibility index (Phi) is 5.91. The Balaban J connectivity index is 2.46. The molecule has 0 heterocycles. The average molecular weight is 248 g/mol. The van der Waals surface area contributed by atoms with Gasteiger partial charge in [0.05, 0.1) is 0 Å². The van der Waals surface area contributed by atoms with Crippen LogP contribution in [0.5, 0.6) is 0 Å². The first-order chi connectivity index (χ1) is 8.63. The van der Waals surface area contributed by atoms with Crippen LogP contribution in [0.15, 0.2) is 24.3 Å². The van der Waals surface area contributed by atoms with Gasteiger partial charge < -0.3 is 10.6 Å². The van der Waals surface area contributed by atoms with E-state index in [1.54, 1.807) is 24.3 Å². The van der Waals surface area contributed by atoms with Crippen molar-refractivity contribution in [3.8, 4) is 0 Å². The molecule has 1 aromatic carbocycles. The lowest BCUT2D eigenvalue weighted by Gasteiger charge is -2.06. The SMILES string of the molecule is CCCCCNC(=O)c1ccc(NC(C)=O)cc1. The van der Waals surface area contributed by atoms with Gasteiger partial charge in [0.2, 0.25) is 5.91 Å². The van der Waals surface area contributed by atoms with Crippen LogP contribution in [-0.2, 0) is 4.79 Å². The minimum atomic E-state index is -0.119. The van der Waals surface area contributed by atoms with Gasteiger partial charge in [-0.1, -0.05) is 19.8 Å². The molecule has 98 valence electrons. The van der Waals surface area contributed by atoms with E-state index in [1.165, 1.54) is 6.92 Å². The maximum Gasteiger partial charge on any atom is 0.251 e. The van der Waals surface area contributed by atoms with Crippen molar-refractivity contribution in [1.29, 1.82) is 0 Å². The van der Waals surface area contributed by atoms with Crippen LogP contribution in [0.4, 0.5) is 5.69 Å². The molecule has 0 aromatic heterocycles. The third-order valence-electron chi connectivity index (χ3n) is 2.53. The summed E-state index contributed by atoms with van der Waals surface area (Å²) in [6.45, 7) is 4.29. The average Bonchev–Trinajstić information content (AvgIpc) is 2.34. The fourth-order valence-electron chi connectivity index (χ4n) is 1.59. The molecule has 0 aliphatic carbocycles. The van der Waals surface area contributed by atoms with E-state index < -0.39 is 0 Å². The number of amides is 2. The van der Waals surface area contributed by atoms with Gasteiger partial charge in [-0.25, -0.2) is 0 Å². The van der Waals surface area contributed by atoms with Crippen LogP contribution in [0.2, 0.25) is 0 Å². The van der Waals surface area contributed by atoms with Gasteiger partial charge >= 0.3 is 0 Å². The molecule has 0 saturated heterocycles. The van der Waals surface area contributed by atoms with Crippen molar-refractivity contribution in [3.05, 3.63) is 29.8 Å². The second kappa shape index (κ2) is 7.48. The standard InChI is InChI=1S/C14H20N2O2/c1-3-4-5-10-15-14(18)12-6-8-13(9-7-12)16-11(2)17/h6-9H,3-5,10H2,1-2H3,(H,15,18)(H,16,17). The topological polar surface area (TPSA) is 58.2 Å². The predicted octanol–water partition coefficient (Wildman–Crippen LogP) is 2.57. The fourth-order valence-corrected chi connectivity index (χ4v) is 1.59. The summed E-state index contributed by atoms with van der Waals surface area (Å²) in [7, 11) is 0. The highest BCUT2D eigenvalue weighted by Gasteiger charge is 2.04. The summed E-state index contributed by atoms with van der Waals surface area (Å²) in [4.78, 5) is 22.6. The lowest BCUT2D eigenvalue weighted by Crippen LogP contribution is -2.24. The lowest BCUT2D eigenvalue weighted by molar-refractivity contribution is -0.114. The summed E-state index contributed by atoms with van der Waals surface area (Å²) in [6, 6.07) is 6.87. The molecule has 0 bridgehead atoms. The normalized spacial score (nSPS) is 9.89. The summed E-state index contributed by atoms with van der Waals surface area (Å²) in [5.74, 6) is -0.188. The number of hydrogen-bond acceptors (Lipinski definition) is 2. The molecule has 1 rings (SSSR count). The summed E-state index contributed by atoms with van der Waals surface area (Å²) in [5.41, 5.74) is 1.31. The van der Waals surface area contributed by atoms with Crippen LogP contribution in [0.1, 0.15) is 43.5 Å². The summed E-state index contributed by atoms with van der Waals surface area (Å²) in [5, 5.41) is 5.53. The van der Waals surface area contributed by atoms with E-state index in [-0.39, 0.29) is 11.8 Å². The number of unbranched alkanes of at least 4 members (excludes halogenated alkanes) is 2. The van der Waals surface area contributed by atoms with Gasteiger partial charge in [0.1, 0.15) is 0 Å². The number of carbonyl (C=O) groups is 2. The Bertz CT molecular complexity index is 399. The third-order valence-corrected chi connectivity index (χ3v) is 2.53. The Labute approximate surface area is 108 Å². The van der Waals surface area contributed by atoms with Crippen molar-refractivity contribution < 1.29 is 9.59 Å². The lowest BCUT2D eigenvalue weighted by atomic mass is 10.2. The third kappa shape index (κ3) is 4.99. The highest BCUT2D eigenvalue weighted by atomic mass is 16.2. The zero-order chi connectivity index (χ0) is 13.4. The Morgan fingerprint density at radius 3 is 2.33 bits per heavy atom. The van der Waals surface area contributed by atoms with Crippen molar-refractivity contribution in [2.24, 2.45) is 0 Å². The second-order valence-electron chi connectivity index (χ2n) is 4.22. The minimum absolute atomic E-state index is 0.0690. The van der Waals surface area contributed by atoms with Crippen molar-refractivity contribution in [2.75, 3.05) is 11.9 Å². The van der Waals surface area contributed by atoms with E-state index in [9.17, 15) is 9.59 Å². The first-order valence-corrected chi connectivity index (χ1v) is 6.29. The molecule has 1 aromatic rings. The number of carbonyl (C=O) groups excluding carboxylic acids is 2. The maximum atomic E-state index is 11.7. The van der Waals surface area contributed by atoms with Crippen LogP contribution in [-0.4, -0.2) is 18.4 Å². The number of benzene rings is 1. The molecular weight excluding hydrogens is 228 g/mol. The van der Waals surface area contributed by atoms with Crippen molar-refractivity contribution in [1.82, 2.24) is 5.32 Å². The Morgan fingerprint density at radius 2 is 1.78 bits per heavy atom. The van der Waals surface area contributed by atoms with Crippen LogP contribution in [0.25, 0.3) is 0 Å². The zero-order valence-electron chi connectivity index (χ0n) is 11.0. The second-order valence-corrected chi connectivity index (χ2v) is 4.22. The Hall–Kier alpha value is -1.84. The molecule has 4 nitrogen and oxygen atoms in total. The number of anilines is 1.